The van der Waals surface area contributed by atoms with Gasteiger partial charge in [0, 0.05) is 17.8 Å². The van der Waals surface area contributed by atoms with Crippen molar-refractivity contribution in [3.8, 4) is 0 Å². The summed E-state index contributed by atoms with van der Waals surface area (Å²) < 4.78 is 0. The van der Waals surface area contributed by atoms with Crippen LogP contribution in [0.1, 0.15) is 23.2 Å². The summed E-state index contributed by atoms with van der Waals surface area (Å²) in [6.45, 7) is 0. The predicted molar refractivity (Wildman–Crippen MR) is 61.8 cm³/mol. The fraction of sp³-hybridized carbons (Fsp3) is 0.182. The molecule has 0 spiro atoms. The Morgan fingerprint density at radius 3 is 2.53 bits per heavy atom. The average molecular weight is 260 g/mol. The number of amides is 2. The van der Waals surface area contributed by atoms with Crippen LogP contribution < -0.4 is 0 Å². The van der Waals surface area contributed by atoms with E-state index in [1.807, 2.05) is 0 Å². The van der Waals surface area contributed by atoms with Crippen LogP contribution in [0, 0.1) is 0 Å². The highest BCUT2D eigenvalue weighted by molar-refractivity contribution is 6.03. The summed E-state index contributed by atoms with van der Waals surface area (Å²) in [5.74, 6) is -2.06. The fourth-order valence-electron chi connectivity index (χ4n) is 1.57. The van der Waals surface area contributed by atoms with Gasteiger partial charge in [0.25, 0.3) is 11.8 Å². The first-order valence-electron chi connectivity index (χ1n) is 5.35. The van der Waals surface area contributed by atoms with Crippen molar-refractivity contribution >= 4 is 23.5 Å². The molecule has 8 heteroatoms. The topological polar surface area (TPSA) is 112 Å². The van der Waals surface area contributed by atoms with Gasteiger partial charge in [-0.1, -0.05) is 23.3 Å². The summed E-state index contributed by atoms with van der Waals surface area (Å²) in [7, 11) is 0. The summed E-state index contributed by atoms with van der Waals surface area (Å²) in [4.78, 5) is 41.8. The molecular weight excluding hydrogens is 252 g/mol. The minimum absolute atomic E-state index is 0.0180. The van der Waals surface area contributed by atoms with Gasteiger partial charge in [0.1, 0.15) is 0 Å². The van der Waals surface area contributed by atoms with E-state index < -0.39 is 17.8 Å². The van der Waals surface area contributed by atoms with E-state index in [0.717, 1.165) is 0 Å². The molecule has 2 amide bonds. The smallest absolute Gasteiger partial charge is 0.325 e. The van der Waals surface area contributed by atoms with Crippen LogP contribution in [0.25, 0.3) is 10.4 Å². The van der Waals surface area contributed by atoms with Crippen molar-refractivity contribution in [3.05, 3.63) is 40.3 Å². The van der Waals surface area contributed by atoms with E-state index in [1.165, 1.54) is 12.1 Å². The van der Waals surface area contributed by atoms with Crippen molar-refractivity contribution < 1.29 is 19.2 Å². The lowest BCUT2D eigenvalue weighted by Crippen LogP contribution is -2.32. The quantitative estimate of drug-likeness (QED) is 0.357. The Balaban J connectivity index is 2.23. The molecular formula is C11H8N4O4. The minimum atomic E-state index is -0.924. The Labute approximate surface area is 107 Å². The number of hydroxylamine groups is 2. The predicted octanol–water partition coefficient (Wildman–Crippen LogP) is 1.85. The first kappa shape index (κ1) is 12.6. The first-order chi connectivity index (χ1) is 9.13. The van der Waals surface area contributed by atoms with E-state index in [1.54, 1.807) is 12.1 Å². The summed E-state index contributed by atoms with van der Waals surface area (Å²) >= 11 is 0. The fourth-order valence-corrected chi connectivity index (χ4v) is 1.57. The third-order valence-electron chi connectivity index (χ3n) is 2.46. The van der Waals surface area contributed by atoms with E-state index in [4.69, 9.17) is 10.4 Å². The van der Waals surface area contributed by atoms with Gasteiger partial charge < -0.3 is 4.84 Å². The van der Waals surface area contributed by atoms with Crippen molar-refractivity contribution in [2.75, 3.05) is 0 Å². The number of rotatable bonds is 3. The molecule has 8 nitrogen and oxygen atoms in total. The number of carbonyl (C=O) groups excluding carboxylic acids is 3. The van der Waals surface area contributed by atoms with Crippen molar-refractivity contribution in [1.82, 2.24) is 5.06 Å². The van der Waals surface area contributed by atoms with Gasteiger partial charge in [0.15, 0.2) is 0 Å². The average Bonchev–Trinajstić information content (AvgIpc) is 2.71. The number of hydrogen-bond donors (Lipinski definition) is 0. The molecule has 1 aliphatic heterocycles. The Bertz CT molecular complexity index is 590. The molecule has 1 aromatic rings. The maximum atomic E-state index is 11.8. The van der Waals surface area contributed by atoms with Gasteiger partial charge in [-0.15, -0.1) is 5.06 Å². The monoisotopic (exact) mass is 260 g/mol. The zero-order valence-electron chi connectivity index (χ0n) is 9.65. The molecule has 1 saturated heterocycles. The van der Waals surface area contributed by atoms with Crippen LogP contribution in [0.15, 0.2) is 29.4 Å². The van der Waals surface area contributed by atoms with Crippen LogP contribution in [-0.4, -0.2) is 22.8 Å². The molecule has 0 aromatic heterocycles. The van der Waals surface area contributed by atoms with Crippen LogP contribution in [0.2, 0.25) is 0 Å². The third kappa shape index (κ3) is 2.53. The summed E-state index contributed by atoms with van der Waals surface area (Å²) in [5, 5.41) is 3.77. The van der Waals surface area contributed by atoms with Gasteiger partial charge in [0.2, 0.25) is 0 Å². The second-order valence-electron chi connectivity index (χ2n) is 3.67. The van der Waals surface area contributed by atoms with Crippen molar-refractivity contribution in [2.45, 2.75) is 12.8 Å². The van der Waals surface area contributed by atoms with E-state index in [9.17, 15) is 14.4 Å². The number of imide groups is 1. The van der Waals surface area contributed by atoms with Gasteiger partial charge in [-0.3, -0.25) is 9.59 Å². The van der Waals surface area contributed by atoms with Crippen LogP contribution in [0.3, 0.4) is 0 Å². The molecule has 0 saturated carbocycles. The van der Waals surface area contributed by atoms with Gasteiger partial charge in [-0.25, -0.2) is 4.79 Å². The minimum Gasteiger partial charge on any atom is -0.325 e. The molecule has 1 heterocycles. The highest BCUT2D eigenvalue weighted by Gasteiger charge is 2.33. The number of hydrogen-bond acceptors (Lipinski definition) is 5. The highest BCUT2D eigenvalue weighted by atomic mass is 16.7. The van der Waals surface area contributed by atoms with Crippen LogP contribution >= 0.6 is 0 Å². The second-order valence-corrected chi connectivity index (χ2v) is 3.67. The SMILES string of the molecule is [N-]=[N+]=Nc1ccccc1C(=O)ON1C(=O)CCC1=O. The molecule has 0 radical (unpaired) electrons. The Kier molecular flexibility index (Phi) is 3.44. The molecule has 0 aliphatic carbocycles. The standard InChI is InChI=1S/C11H8N4O4/c12-14-13-8-4-2-1-3-7(8)11(18)19-15-9(16)5-6-10(15)17/h1-4H,5-6H2. The normalized spacial score (nSPS) is 14.2. The number of nitrogens with zero attached hydrogens (tertiary/aromatic N) is 4. The van der Waals surface area contributed by atoms with Gasteiger partial charge >= 0.3 is 5.97 Å². The number of azide groups is 1. The molecule has 1 aliphatic rings. The maximum absolute atomic E-state index is 11.8. The van der Waals surface area contributed by atoms with E-state index in [-0.39, 0.29) is 24.1 Å². The lowest BCUT2D eigenvalue weighted by molar-refractivity contribution is -0.172. The highest BCUT2D eigenvalue weighted by Crippen LogP contribution is 2.21. The lowest BCUT2D eigenvalue weighted by atomic mass is 10.2. The number of benzene rings is 1. The summed E-state index contributed by atoms with van der Waals surface area (Å²) in [5.41, 5.74) is 8.43. The second kappa shape index (κ2) is 5.19. The van der Waals surface area contributed by atoms with Gasteiger partial charge in [0.05, 0.1) is 11.3 Å². The largest absolute Gasteiger partial charge is 0.364 e. The van der Waals surface area contributed by atoms with E-state index >= 15 is 0 Å². The first-order valence-corrected chi connectivity index (χ1v) is 5.35. The summed E-state index contributed by atoms with van der Waals surface area (Å²) in [6.07, 6.45) is 0.0359. The van der Waals surface area contributed by atoms with E-state index in [2.05, 4.69) is 10.0 Å². The molecule has 0 unspecified atom stereocenters. The Morgan fingerprint density at radius 1 is 1.26 bits per heavy atom. The zero-order chi connectivity index (χ0) is 13.8. The van der Waals surface area contributed by atoms with Gasteiger partial charge in [-0.05, 0) is 11.6 Å². The molecule has 96 valence electrons. The van der Waals surface area contributed by atoms with E-state index in [0.29, 0.717) is 5.06 Å². The lowest BCUT2D eigenvalue weighted by Gasteiger charge is -2.13. The Morgan fingerprint density at radius 2 is 1.89 bits per heavy atom. The van der Waals surface area contributed by atoms with Crippen molar-refractivity contribution in [3.63, 3.8) is 0 Å². The molecule has 0 atom stereocenters. The molecule has 0 bridgehead atoms. The van der Waals surface area contributed by atoms with Crippen molar-refractivity contribution in [2.24, 2.45) is 5.11 Å². The van der Waals surface area contributed by atoms with Crippen LogP contribution in [0.5, 0.6) is 0 Å². The zero-order valence-corrected chi connectivity index (χ0v) is 9.65. The molecule has 1 fully saturated rings. The molecule has 1 aromatic carbocycles. The Hall–Kier alpha value is -2.86. The van der Waals surface area contributed by atoms with Crippen LogP contribution in [-0.2, 0) is 14.4 Å². The third-order valence-corrected chi connectivity index (χ3v) is 2.46. The maximum Gasteiger partial charge on any atom is 0.364 e. The summed E-state index contributed by atoms with van der Waals surface area (Å²) in [6, 6.07) is 5.91. The molecule has 19 heavy (non-hydrogen) atoms. The molecule has 2 rings (SSSR count). The van der Waals surface area contributed by atoms with Crippen molar-refractivity contribution in [1.29, 1.82) is 0 Å². The van der Waals surface area contributed by atoms with Crippen LogP contribution in [0.4, 0.5) is 5.69 Å². The molecule has 0 N–H and O–H groups in total. The van der Waals surface area contributed by atoms with Gasteiger partial charge in [-0.2, -0.15) is 0 Å². The number of carbonyl (C=O) groups is 3.